The number of carbonyl (C=O) groups excluding carboxylic acids is 1. The molecule has 0 aliphatic carbocycles. The summed E-state index contributed by atoms with van der Waals surface area (Å²) in [7, 11) is 1.94. The van der Waals surface area contributed by atoms with E-state index in [4.69, 9.17) is 37.6 Å². The van der Waals surface area contributed by atoms with Crippen LogP contribution >= 0.6 is 0 Å². The molecule has 0 amide bonds. The minimum Gasteiger partial charge on any atom is -0.493 e. The summed E-state index contributed by atoms with van der Waals surface area (Å²) >= 11 is 0. The van der Waals surface area contributed by atoms with Gasteiger partial charge in [-0.15, -0.1) is 0 Å². The number of hydrogen-bond donors (Lipinski definition) is 1. The number of aliphatic hydroxyl groups excluding tert-OH is 1. The number of ether oxygens (including phenoxy) is 7. The lowest BCUT2D eigenvalue weighted by molar-refractivity contribution is -0.309. The van der Waals surface area contributed by atoms with Crippen LogP contribution in [0.5, 0.6) is 11.5 Å². The minimum atomic E-state index is -2.75. The Balaban J connectivity index is 1.64. The molecule has 0 saturated carbocycles. The molecule has 0 radical (unpaired) electrons. The first-order valence-corrected chi connectivity index (χ1v) is 22.2. The van der Waals surface area contributed by atoms with E-state index < -0.39 is 44.4 Å². The summed E-state index contributed by atoms with van der Waals surface area (Å²) < 4.78 is 49.0. The molecule has 11 heteroatoms. The van der Waals surface area contributed by atoms with Crippen molar-refractivity contribution < 1.29 is 47.5 Å². The molecular formula is C47H68O10Si. The van der Waals surface area contributed by atoms with Crippen molar-refractivity contribution in [1.82, 2.24) is 0 Å². The molecule has 1 saturated heterocycles. The highest BCUT2D eigenvalue weighted by molar-refractivity contribution is 6.99. The zero-order chi connectivity index (χ0) is 42.8. The zero-order valence-corrected chi connectivity index (χ0v) is 37.9. The first-order chi connectivity index (χ1) is 27.4. The van der Waals surface area contributed by atoms with E-state index >= 15 is 0 Å². The van der Waals surface area contributed by atoms with E-state index in [1.54, 1.807) is 41.1 Å². The van der Waals surface area contributed by atoms with Crippen molar-refractivity contribution in [1.29, 1.82) is 0 Å². The van der Waals surface area contributed by atoms with Gasteiger partial charge in [-0.05, 0) is 66.7 Å². The van der Waals surface area contributed by atoms with Gasteiger partial charge in [-0.25, -0.2) is 0 Å². The van der Waals surface area contributed by atoms with E-state index in [0.717, 1.165) is 5.57 Å². The number of hydrogen-bond acceptors (Lipinski definition) is 10. The Labute approximate surface area is 348 Å². The fourth-order valence-electron chi connectivity index (χ4n) is 7.91. The molecule has 3 aromatic carbocycles. The van der Waals surface area contributed by atoms with Gasteiger partial charge in [0.2, 0.25) is 0 Å². The molecule has 0 spiro atoms. The van der Waals surface area contributed by atoms with Crippen LogP contribution in [-0.2, 0) is 32.9 Å². The van der Waals surface area contributed by atoms with Gasteiger partial charge in [-0.2, -0.15) is 0 Å². The quantitative estimate of drug-likeness (QED) is 0.0590. The van der Waals surface area contributed by atoms with Gasteiger partial charge >= 0.3 is 5.97 Å². The Morgan fingerprint density at radius 3 is 1.91 bits per heavy atom. The smallest absolute Gasteiger partial charge is 0.311 e. The Morgan fingerprint density at radius 2 is 1.40 bits per heavy atom. The molecule has 1 fully saturated rings. The van der Waals surface area contributed by atoms with E-state index in [2.05, 4.69) is 82.3 Å². The molecule has 3 aromatic rings. The molecule has 1 N–H and O–H groups in total. The Hall–Kier alpha value is -3.55. The second kappa shape index (κ2) is 20.6. The van der Waals surface area contributed by atoms with Crippen molar-refractivity contribution >= 4 is 24.7 Å². The van der Waals surface area contributed by atoms with Gasteiger partial charge in [0, 0.05) is 31.1 Å². The van der Waals surface area contributed by atoms with Crippen molar-refractivity contribution in [2.24, 2.45) is 23.2 Å². The number of aliphatic hydroxyl groups is 1. The highest BCUT2D eigenvalue weighted by Crippen LogP contribution is 2.42. The summed E-state index contributed by atoms with van der Waals surface area (Å²) in [5.41, 5.74) is 0.807. The van der Waals surface area contributed by atoms with Crippen LogP contribution in [0.1, 0.15) is 81.1 Å². The number of methoxy groups -OCH3 is 3. The Morgan fingerprint density at radius 1 is 0.828 bits per heavy atom. The van der Waals surface area contributed by atoms with Crippen LogP contribution in [0.3, 0.4) is 0 Å². The van der Waals surface area contributed by atoms with Crippen LogP contribution in [0.15, 0.2) is 90.5 Å². The van der Waals surface area contributed by atoms with E-state index in [1.165, 1.54) is 17.5 Å². The van der Waals surface area contributed by atoms with Crippen LogP contribution in [0.4, 0.5) is 0 Å². The number of rotatable bonds is 18. The molecule has 58 heavy (non-hydrogen) atoms. The summed E-state index contributed by atoms with van der Waals surface area (Å²) in [4.78, 5) is 12.9. The van der Waals surface area contributed by atoms with Crippen LogP contribution < -0.4 is 19.8 Å². The molecule has 1 heterocycles. The number of carbonyl (C=O) groups is 1. The highest BCUT2D eigenvalue weighted by atomic mass is 28.4. The van der Waals surface area contributed by atoms with E-state index in [9.17, 15) is 9.90 Å². The average molecular weight is 821 g/mol. The first-order valence-electron chi connectivity index (χ1n) is 20.3. The first kappa shape index (κ1) is 47.1. The molecule has 10 nitrogen and oxygen atoms in total. The van der Waals surface area contributed by atoms with E-state index in [-0.39, 0.29) is 42.2 Å². The topological polar surface area (TPSA) is 111 Å². The van der Waals surface area contributed by atoms with Crippen molar-refractivity contribution in [3.05, 3.63) is 96.1 Å². The van der Waals surface area contributed by atoms with E-state index in [0.29, 0.717) is 23.7 Å². The maximum absolute atomic E-state index is 12.9. The number of benzene rings is 3. The van der Waals surface area contributed by atoms with Crippen molar-refractivity contribution in [2.75, 3.05) is 41.3 Å². The Kier molecular flexibility index (Phi) is 16.8. The monoisotopic (exact) mass is 820 g/mol. The van der Waals surface area contributed by atoms with Crippen LogP contribution in [0.25, 0.3) is 0 Å². The van der Waals surface area contributed by atoms with Gasteiger partial charge in [-0.1, -0.05) is 114 Å². The Bertz CT molecular complexity index is 1710. The lowest BCUT2D eigenvalue weighted by Crippen LogP contribution is -2.66. The van der Waals surface area contributed by atoms with Crippen LogP contribution in [-0.4, -0.2) is 85.1 Å². The molecule has 0 aromatic heterocycles. The van der Waals surface area contributed by atoms with Crippen molar-refractivity contribution in [3.8, 4) is 11.5 Å². The van der Waals surface area contributed by atoms with Crippen molar-refractivity contribution in [2.45, 2.75) is 105 Å². The summed E-state index contributed by atoms with van der Waals surface area (Å²) in [5, 5.41) is 14.4. The third kappa shape index (κ3) is 11.2. The largest absolute Gasteiger partial charge is 0.493 e. The van der Waals surface area contributed by atoms with Gasteiger partial charge in [0.1, 0.15) is 19.5 Å². The second-order valence-electron chi connectivity index (χ2n) is 17.6. The fraction of sp³-hybridized carbons (Fsp3) is 0.553. The van der Waals surface area contributed by atoms with E-state index in [1.807, 2.05) is 45.0 Å². The maximum atomic E-state index is 12.9. The highest BCUT2D eigenvalue weighted by Gasteiger charge is 2.50. The number of esters is 1. The predicted molar refractivity (Wildman–Crippen MR) is 230 cm³/mol. The second-order valence-corrected chi connectivity index (χ2v) is 21.9. The summed E-state index contributed by atoms with van der Waals surface area (Å²) in [5.74, 6) is 0.0324. The van der Waals surface area contributed by atoms with Gasteiger partial charge in [0.15, 0.2) is 17.8 Å². The van der Waals surface area contributed by atoms with Gasteiger partial charge in [-0.3, -0.25) is 4.79 Å². The van der Waals surface area contributed by atoms with Gasteiger partial charge in [0.05, 0.1) is 37.9 Å². The average Bonchev–Trinajstić information content (AvgIpc) is 3.20. The third-order valence-electron chi connectivity index (χ3n) is 11.0. The molecule has 8 atom stereocenters. The lowest BCUT2D eigenvalue weighted by atomic mass is 9.81. The standard InChI is InChI=1S/C47H68O10Si/c1-31(28-55-58(47(8,9)10,36-20-16-14-17-21-36)37-22-18-15-19-23-37)26-32(2)41(48)33(3)42-34(4)43(40(54-30-50-11)29-53-45(49)46(5,6)7)57-44(56-42)35-24-25-38(51-12)39(27-35)52-13/h14-27,31,33-34,40-44,48H,28-30H2,1-13H3/b32-26+/t31-,33+,34+,40-,41+,42-,43-,44-/m0/s1. The SMILES string of the molecule is COCO[C@@H](COC(=O)C(C)(C)C)[C@H]1O[C@@H](c2ccc(OC)c(OC)c2)O[C@@H]([C@H](C)[C@H](O)/C(C)=C/[C@H](C)CO[Si](c2ccccc2)(c2ccccc2)C(C)(C)C)[C@H]1C. The molecular weight excluding hydrogens is 753 g/mol. The minimum absolute atomic E-state index is 0.00637. The molecule has 320 valence electrons. The normalized spacial score (nSPS) is 21.4. The predicted octanol–water partition coefficient (Wildman–Crippen LogP) is 7.86. The molecule has 1 aliphatic rings. The van der Waals surface area contributed by atoms with Crippen LogP contribution in [0.2, 0.25) is 5.04 Å². The summed E-state index contributed by atoms with van der Waals surface area (Å²) in [6.07, 6.45) is -1.43. The van der Waals surface area contributed by atoms with Gasteiger partial charge < -0.3 is 42.7 Å². The third-order valence-corrected chi connectivity index (χ3v) is 16.0. The lowest BCUT2D eigenvalue weighted by Gasteiger charge is -2.46. The molecule has 1 aliphatic heterocycles. The maximum Gasteiger partial charge on any atom is 0.311 e. The van der Waals surface area contributed by atoms with Crippen LogP contribution in [0, 0.1) is 23.2 Å². The molecule has 4 rings (SSSR count). The zero-order valence-electron chi connectivity index (χ0n) is 36.9. The summed E-state index contributed by atoms with van der Waals surface area (Å²) in [6.45, 7) is 20.7. The fourth-order valence-corrected chi connectivity index (χ4v) is 12.6. The summed E-state index contributed by atoms with van der Waals surface area (Å²) in [6, 6.07) is 26.7. The molecule has 0 unspecified atom stereocenters. The van der Waals surface area contributed by atoms with Crippen molar-refractivity contribution in [3.63, 3.8) is 0 Å². The molecule has 0 bridgehead atoms. The van der Waals surface area contributed by atoms with Gasteiger partial charge in [0.25, 0.3) is 8.32 Å².